The summed E-state index contributed by atoms with van der Waals surface area (Å²) in [7, 11) is 0. The largest absolute Gasteiger partial charge is 0.481 e. The number of carbonyl (C=O) groups is 1. The minimum Gasteiger partial charge on any atom is -0.481 e. The van der Waals surface area contributed by atoms with Gasteiger partial charge >= 0.3 is 12.1 Å². The van der Waals surface area contributed by atoms with Crippen LogP contribution < -0.4 is 0 Å². The molecule has 0 bridgehead atoms. The Morgan fingerprint density at radius 3 is 2.36 bits per heavy atom. The van der Waals surface area contributed by atoms with E-state index in [4.69, 9.17) is 5.11 Å². The van der Waals surface area contributed by atoms with Gasteiger partial charge in [0.2, 0.25) is 0 Å². The third-order valence-electron chi connectivity index (χ3n) is 2.06. The summed E-state index contributed by atoms with van der Waals surface area (Å²) in [5.74, 6) is -1.06. The van der Waals surface area contributed by atoms with E-state index >= 15 is 0 Å². The summed E-state index contributed by atoms with van der Waals surface area (Å²) in [5.41, 5.74) is 0. The summed E-state index contributed by atoms with van der Waals surface area (Å²) in [4.78, 5) is 11.4. The fourth-order valence-corrected chi connectivity index (χ4v) is 1.30. The van der Waals surface area contributed by atoms with Gasteiger partial charge in [-0.25, -0.2) is 0 Å². The maximum absolute atomic E-state index is 12.0. The van der Waals surface area contributed by atoms with Crippen LogP contribution in [-0.2, 0) is 4.79 Å². The Morgan fingerprint density at radius 1 is 1.43 bits per heavy atom. The summed E-state index contributed by atoms with van der Waals surface area (Å²) >= 11 is 0. The Hall–Kier alpha value is -0.780. The highest BCUT2D eigenvalue weighted by Gasteiger charge is 2.37. The number of halogens is 3. The number of hydrogen-bond acceptors (Lipinski definition) is 2. The van der Waals surface area contributed by atoms with Gasteiger partial charge in [-0.2, -0.15) is 13.2 Å². The second-order valence-corrected chi connectivity index (χ2v) is 3.46. The van der Waals surface area contributed by atoms with Gasteiger partial charge in [0, 0.05) is 12.6 Å². The zero-order chi connectivity index (χ0) is 10.8. The first-order valence-electron chi connectivity index (χ1n) is 4.41. The molecule has 82 valence electrons. The Balaban J connectivity index is 2.35. The quantitative estimate of drug-likeness (QED) is 0.748. The molecule has 3 nitrogen and oxygen atoms in total. The highest BCUT2D eigenvalue weighted by atomic mass is 19.4. The van der Waals surface area contributed by atoms with Crippen molar-refractivity contribution < 1.29 is 23.1 Å². The van der Waals surface area contributed by atoms with Crippen molar-refractivity contribution in [3.8, 4) is 0 Å². The SMILES string of the molecule is O=C(O)CCN(CC(F)(F)F)C1CC1. The second-order valence-electron chi connectivity index (χ2n) is 3.46. The lowest BCUT2D eigenvalue weighted by molar-refractivity contribution is -0.150. The van der Waals surface area contributed by atoms with E-state index in [-0.39, 0.29) is 19.0 Å². The Kier molecular flexibility index (Phi) is 3.36. The van der Waals surface area contributed by atoms with Gasteiger partial charge in [0.1, 0.15) is 0 Å². The van der Waals surface area contributed by atoms with Crippen molar-refractivity contribution in [2.45, 2.75) is 31.5 Å². The van der Waals surface area contributed by atoms with E-state index in [1.165, 1.54) is 4.90 Å². The van der Waals surface area contributed by atoms with Crippen molar-refractivity contribution in [3.63, 3.8) is 0 Å². The number of carboxylic acid groups (broad SMARTS) is 1. The smallest absolute Gasteiger partial charge is 0.401 e. The van der Waals surface area contributed by atoms with Gasteiger partial charge in [0.15, 0.2) is 0 Å². The fraction of sp³-hybridized carbons (Fsp3) is 0.875. The third-order valence-corrected chi connectivity index (χ3v) is 2.06. The number of rotatable bonds is 5. The van der Waals surface area contributed by atoms with E-state index in [1.54, 1.807) is 0 Å². The van der Waals surface area contributed by atoms with Crippen molar-refractivity contribution in [2.24, 2.45) is 0 Å². The molecule has 1 aliphatic carbocycles. The van der Waals surface area contributed by atoms with Gasteiger partial charge in [-0.1, -0.05) is 0 Å². The molecular formula is C8H12F3NO2. The van der Waals surface area contributed by atoms with Crippen LogP contribution in [-0.4, -0.2) is 41.3 Å². The molecule has 0 aromatic heterocycles. The average molecular weight is 211 g/mol. The first-order valence-corrected chi connectivity index (χ1v) is 4.41. The standard InChI is InChI=1S/C8H12F3NO2/c9-8(10,11)5-12(6-1-2-6)4-3-7(13)14/h6H,1-5H2,(H,13,14). The molecule has 0 aromatic rings. The number of aliphatic carboxylic acids is 1. The Labute approximate surface area is 79.5 Å². The minimum absolute atomic E-state index is 0.0144. The van der Waals surface area contributed by atoms with Crippen LogP contribution in [0.2, 0.25) is 0 Å². The average Bonchev–Trinajstić information content (AvgIpc) is 2.77. The molecule has 0 unspecified atom stereocenters. The molecule has 0 aromatic carbocycles. The van der Waals surface area contributed by atoms with Gasteiger partial charge in [0.05, 0.1) is 13.0 Å². The summed E-state index contributed by atoms with van der Waals surface area (Å²) < 4.78 is 36.1. The van der Waals surface area contributed by atoms with Gasteiger partial charge in [-0.3, -0.25) is 9.69 Å². The summed E-state index contributed by atoms with van der Waals surface area (Å²) in [6, 6.07) is -0.0593. The first kappa shape index (κ1) is 11.3. The van der Waals surface area contributed by atoms with Gasteiger partial charge in [0.25, 0.3) is 0 Å². The zero-order valence-electron chi connectivity index (χ0n) is 7.55. The summed E-state index contributed by atoms with van der Waals surface area (Å²) in [5, 5.41) is 8.35. The van der Waals surface area contributed by atoms with Crippen molar-refractivity contribution in [2.75, 3.05) is 13.1 Å². The number of carboxylic acids is 1. The van der Waals surface area contributed by atoms with Crippen LogP contribution in [0.4, 0.5) is 13.2 Å². The third kappa shape index (κ3) is 4.45. The molecular weight excluding hydrogens is 199 g/mol. The van der Waals surface area contributed by atoms with Crippen LogP contribution in [0.3, 0.4) is 0 Å². The molecule has 1 saturated carbocycles. The van der Waals surface area contributed by atoms with Crippen LogP contribution in [0.1, 0.15) is 19.3 Å². The molecule has 14 heavy (non-hydrogen) atoms. The minimum atomic E-state index is -4.24. The van der Waals surface area contributed by atoms with E-state index < -0.39 is 18.7 Å². The molecule has 1 fully saturated rings. The first-order chi connectivity index (χ1) is 6.38. The molecule has 1 rings (SSSR count). The lowest BCUT2D eigenvalue weighted by Crippen LogP contribution is -2.37. The Bertz CT molecular complexity index is 213. The number of hydrogen-bond donors (Lipinski definition) is 1. The maximum atomic E-state index is 12.0. The molecule has 0 aliphatic heterocycles. The molecule has 0 atom stereocenters. The summed E-state index contributed by atoms with van der Waals surface area (Å²) in [6.07, 6.45) is -2.97. The van der Waals surface area contributed by atoms with Crippen LogP contribution >= 0.6 is 0 Å². The highest BCUT2D eigenvalue weighted by Crippen LogP contribution is 2.29. The lowest BCUT2D eigenvalue weighted by Gasteiger charge is -2.22. The van der Waals surface area contributed by atoms with Crippen LogP contribution in [0.15, 0.2) is 0 Å². The normalized spacial score (nSPS) is 17.4. The topological polar surface area (TPSA) is 40.5 Å². The van der Waals surface area contributed by atoms with E-state index in [0.29, 0.717) is 0 Å². The molecule has 1 aliphatic rings. The molecule has 0 heterocycles. The van der Waals surface area contributed by atoms with E-state index in [0.717, 1.165) is 12.8 Å². The van der Waals surface area contributed by atoms with Gasteiger partial charge in [-0.05, 0) is 12.8 Å². The summed E-state index contributed by atoms with van der Waals surface area (Å²) in [6.45, 7) is -1.01. The van der Waals surface area contributed by atoms with E-state index in [2.05, 4.69) is 0 Å². The van der Waals surface area contributed by atoms with Crippen LogP contribution in [0.25, 0.3) is 0 Å². The van der Waals surface area contributed by atoms with Crippen molar-refractivity contribution in [1.29, 1.82) is 0 Å². The van der Waals surface area contributed by atoms with Crippen molar-refractivity contribution >= 4 is 5.97 Å². The molecule has 0 radical (unpaired) electrons. The van der Waals surface area contributed by atoms with Crippen molar-refractivity contribution in [1.82, 2.24) is 4.90 Å². The Morgan fingerprint density at radius 2 is 2.00 bits per heavy atom. The molecule has 1 N–H and O–H groups in total. The predicted octanol–water partition coefficient (Wildman–Crippen LogP) is 1.49. The van der Waals surface area contributed by atoms with Crippen LogP contribution in [0.5, 0.6) is 0 Å². The van der Waals surface area contributed by atoms with E-state index in [9.17, 15) is 18.0 Å². The predicted molar refractivity (Wildman–Crippen MR) is 42.9 cm³/mol. The highest BCUT2D eigenvalue weighted by molar-refractivity contribution is 5.66. The number of nitrogens with zero attached hydrogens (tertiary/aromatic N) is 1. The monoisotopic (exact) mass is 211 g/mol. The number of alkyl halides is 3. The van der Waals surface area contributed by atoms with Crippen molar-refractivity contribution in [3.05, 3.63) is 0 Å². The molecule has 0 saturated heterocycles. The van der Waals surface area contributed by atoms with Gasteiger partial charge < -0.3 is 5.11 Å². The maximum Gasteiger partial charge on any atom is 0.401 e. The second kappa shape index (κ2) is 4.16. The zero-order valence-corrected chi connectivity index (χ0v) is 7.55. The molecule has 0 amide bonds. The van der Waals surface area contributed by atoms with Gasteiger partial charge in [-0.15, -0.1) is 0 Å². The lowest BCUT2D eigenvalue weighted by atomic mass is 10.3. The molecule has 6 heteroatoms. The fourth-order valence-electron chi connectivity index (χ4n) is 1.30. The van der Waals surface area contributed by atoms with E-state index in [1.807, 2.05) is 0 Å². The molecule has 0 spiro atoms. The van der Waals surface area contributed by atoms with Crippen LogP contribution in [0, 0.1) is 0 Å².